The van der Waals surface area contributed by atoms with Gasteiger partial charge in [0.05, 0.1) is 6.42 Å². The number of fused-ring (bicyclic) bond motifs is 1. The molecule has 1 fully saturated rings. The number of nitrogens with zero attached hydrogens (tertiary/aromatic N) is 1. The summed E-state index contributed by atoms with van der Waals surface area (Å²) in [5.74, 6) is -5.85. The molecule has 8 N–H and O–H groups in total. The molecule has 1 aliphatic rings. The second-order valence-corrected chi connectivity index (χ2v) is 10.8. The van der Waals surface area contributed by atoms with Crippen molar-refractivity contribution >= 4 is 52.2 Å². The fraction of sp³-hybridized carbons (Fsp3) is 0.387. The minimum absolute atomic E-state index is 0.00140. The highest BCUT2D eigenvalue weighted by molar-refractivity contribution is 5.98. The topological polar surface area (TPSA) is 231 Å². The van der Waals surface area contributed by atoms with Crippen LogP contribution in [-0.2, 0) is 40.0 Å². The van der Waals surface area contributed by atoms with Gasteiger partial charge >= 0.3 is 5.97 Å². The van der Waals surface area contributed by atoms with E-state index in [0.29, 0.717) is 18.4 Å². The van der Waals surface area contributed by atoms with E-state index in [1.54, 1.807) is 6.07 Å². The molecule has 240 valence electrons. The molecule has 0 spiro atoms. The highest BCUT2D eigenvalue weighted by Gasteiger charge is 2.38. The number of amides is 6. The molecule has 3 rings (SSSR count). The van der Waals surface area contributed by atoms with Gasteiger partial charge in [0.25, 0.3) is 0 Å². The first-order valence-electron chi connectivity index (χ1n) is 14.5. The third kappa shape index (κ3) is 9.88. The monoisotopic (exact) mass is 622 g/mol. The summed E-state index contributed by atoms with van der Waals surface area (Å²) in [5.41, 5.74) is 11.3. The second-order valence-electron chi connectivity index (χ2n) is 10.8. The number of nitrogens with two attached hydrogens (primary N) is 2. The van der Waals surface area contributed by atoms with Crippen molar-refractivity contribution in [1.29, 1.82) is 0 Å². The van der Waals surface area contributed by atoms with Gasteiger partial charge in [-0.15, -0.1) is 0 Å². The molecule has 14 nitrogen and oxygen atoms in total. The molecule has 1 heterocycles. The Labute approximate surface area is 259 Å². The van der Waals surface area contributed by atoms with E-state index in [4.69, 9.17) is 11.5 Å². The van der Waals surface area contributed by atoms with Crippen LogP contribution in [0.15, 0.2) is 55.1 Å². The largest absolute Gasteiger partial charge is 0.481 e. The van der Waals surface area contributed by atoms with Crippen molar-refractivity contribution in [2.45, 2.75) is 69.1 Å². The third-order valence-corrected chi connectivity index (χ3v) is 7.49. The van der Waals surface area contributed by atoms with E-state index in [2.05, 4.69) is 22.5 Å². The number of carbonyl (C=O) groups is 7. The molecule has 6 amide bonds. The van der Waals surface area contributed by atoms with E-state index in [9.17, 15) is 38.7 Å². The number of primary amides is 2. The lowest BCUT2D eigenvalue weighted by Gasteiger charge is -2.37. The van der Waals surface area contributed by atoms with Gasteiger partial charge < -0.3 is 37.4 Å². The van der Waals surface area contributed by atoms with E-state index >= 15 is 0 Å². The van der Waals surface area contributed by atoms with Crippen LogP contribution in [0.2, 0.25) is 0 Å². The van der Waals surface area contributed by atoms with Crippen molar-refractivity contribution in [2.75, 3.05) is 6.54 Å². The molecular formula is C31H38N6O8. The zero-order valence-corrected chi connectivity index (χ0v) is 24.7. The van der Waals surface area contributed by atoms with Crippen molar-refractivity contribution in [3.05, 3.63) is 60.7 Å². The summed E-state index contributed by atoms with van der Waals surface area (Å²) in [7, 11) is 0. The van der Waals surface area contributed by atoms with Gasteiger partial charge in [0, 0.05) is 19.4 Å². The summed E-state index contributed by atoms with van der Waals surface area (Å²) in [6.07, 6.45) is 1.17. The van der Waals surface area contributed by atoms with Crippen LogP contribution in [0, 0.1) is 0 Å². The molecule has 2 aromatic rings. The van der Waals surface area contributed by atoms with Gasteiger partial charge in [0.1, 0.15) is 24.2 Å². The third-order valence-electron chi connectivity index (χ3n) is 7.49. The second kappa shape index (κ2) is 16.0. The van der Waals surface area contributed by atoms with Crippen LogP contribution in [0.25, 0.3) is 10.8 Å². The van der Waals surface area contributed by atoms with Crippen LogP contribution in [0.1, 0.15) is 44.1 Å². The van der Waals surface area contributed by atoms with E-state index in [1.807, 2.05) is 36.4 Å². The molecule has 0 saturated carbocycles. The first kappa shape index (κ1) is 34.2. The van der Waals surface area contributed by atoms with E-state index in [-0.39, 0.29) is 32.2 Å². The molecular weight excluding hydrogens is 584 g/mol. The molecule has 2 aromatic carbocycles. The number of aliphatic carboxylic acids is 1. The van der Waals surface area contributed by atoms with Crippen LogP contribution >= 0.6 is 0 Å². The number of carboxylic acid groups (broad SMARTS) is 1. The number of piperidine rings is 1. The van der Waals surface area contributed by atoms with Crippen LogP contribution < -0.4 is 27.4 Å². The summed E-state index contributed by atoms with van der Waals surface area (Å²) in [5, 5.41) is 18.7. The summed E-state index contributed by atoms with van der Waals surface area (Å²) in [6, 6.07) is 8.09. The lowest BCUT2D eigenvalue weighted by molar-refractivity contribution is -0.148. The van der Waals surface area contributed by atoms with Gasteiger partial charge in [-0.1, -0.05) is 49.0 Å². The minimum atomic E-state index is -1.44. The van der Waals surface area contributed by atoms with Gasteiger partial charge in [0.2, 0.25) is 35.4 Å². The molecule has 1 aliphatic heterocycles. The van der Waals surface area contributed by atoms with Crippen molar-refractivity contribution < 1.29 is 38.7 Å². The highest BCUT2D eigenvalue weighted by atomic mass is 16.4. The molecule has 0 aliphatic carbocycles. The number of carboxylic acids is 1. The fourth-order valence-electron chi connectivity index (χ4n) is 5.20. The van der Waals surface area contributed by atoms with E-state index < -0.39 is 72.0 Å². The predicted octanol–water partition coefficient (Wildman–Crippen LogP) is -0.371. The minimum Gasteiger partial charge on any atom is -0.481 e. The number of likely N-dealkylation sites (tertiary alicyclic amines) is 1. The van der Waals surface area contributed by atoms with Crippen LogP contribution in [0.3, 0.4) is 0 Å². The predicted molar refractivity (Wildman–Crippen MR) is 163 cm³/mol. The molecule has 0 aromatic heterocycles. The standard InChI is InChI=1S/C31H38N6O8/c1-2-26(39)34-23(17-27(40)41)31(45)37-14-6-5-9-24(37)30(44)36-22(29(43)35-21(28(33)42)12-13-25(32)38)16-18-10-11-19-7-3-4-8-20(19)15-18/h2-4,7-8,10-11,15,21-24H,1,5-6,9,12-14,16-17H2,(H2,32,38)(H2,33,42)(H,34,39)(H,35,43)(H,36,44)(H,40,41)/t21-,22-,23+,24-/m0/s1. The Bertz CT molecular complexity index is 1480. The van der Waals surface area contributed by atoms with Crippen molar-refractivity contribution in [3.63, 3.8) is 0 Å². The Morgan fingerprint density at radius 3 is 2.29 bits per heavy atom. The number of benzene rings is 2. The van der Waals surface area contributed by atoms with Gasteiger partial charge in [-0.05, 0) is 48.1 Å². The van der Waals surface area contributed by atoms with E-state index in [1.165, 1.54) is 4.90 Å². The molecule has 45 heavy (non-hydrogen) atoms. The molecule has 1 saturated heterocycles. The highest BCUT2D eigenvalue weighted by Crippen LogP contribution is 2.21. The average Bonchev–Trinajstić information content (AvgIpc) is 3.01. The summed E-state index contributed by atoms with van der Waals surface area (Å²) < 4.78 is 0. The smallest absolute Gasteiger partial charge is 0.305 e. The number of hydrogen-bond acceptors (Lipinski definition) is 7. The fourth-order valence-corrected chi connectivity index (χ4v) is 5.20. The van der Waals surface area contributed by atoms with Crippen LogP contribution in [-0.4, -0.2) is 82.1 Å². The van der Waals surface area contributed by atoms with Gasteiger partial charge in [-0.2, -0.15) is 0 Å². The first-order chi connectivity index (χ1) is 21.4. The number of nitrogens with one attached hydrogen (secondary N) is 3. The Kier molecular flexibility index (Phi) is 12.2. The average molecular weight is 623 g/mol. The summed E-state index contributed by atoms with van der Waals surface area (Å²) >= 11 is 0. The summed E-state index contributed by atoms with van der Waals surface area (Å²) in [4.78, 5) is 88.6. The lowest BCUT2D eigenvalue weighted by atomic mass is 9.97. The zero-order valence-electron chi connectivity index (χ0n) is 24.7. The molecule has 14 heteroatoms. The first-order valence-corrected chi connectivity index (χ1v) is 14.5. The molecule has 0 unspecified atom stereocenters. The van der Waals surface area contributed by atoms with Gasteiger partial charge in [-0.25, -0.2) is 0 Å². The Balaban J connectivity index is 1.88. The van der Waals surface area contributed by atoms with Crippen LogP contribution in [0.5, 0.6) is 0 Å². The SMILES string of the molecule is C=CC(=O)N[C@H](CC(=O)O)C(=O)N1CCCC[C@H]1C(=O)N[C@@H](Cc1ccc2ccccc2c1)C(=O)N[C@@H](CCC(N)=O)C(N)=O. The lowest BCUT2D eigenvalue weighted by Crippen LogP contribution is -2.60. The molecule has 0 bridgehead atoms. The van der Waals surface area contributed by atoms with Crippen LogP contribution in [0.4, 0.5) is 0 Å². The van der Waals surface area contributed by atoms with Crippen molar-refractivity contribution in [3.8, 4) is 0 Å². The maximum Gasteiger partial charge on any atom is 0.305 e. The molecule has 4 atom stereocenters. The van der Waals surface area contributed by atoms with E-state index in [0.717, 1.165) is 16.8 Å². The van der Waals surface area contributed by atoms with Crippen molar-refractivity contribution in [2.24, 2.45) is 11.5 Å². The number of hydrogen-bond donors (Lipinski definition) is 6. The zero-order chi connectivity index (χ0) is 33.1. The maximum atomic E-state index is 13.7. The molecule has 0 radical (unpaired) electrons. The Hall–Kier alpha value is -5.27. The normalized spacial score (nSPS) is 16.4. The summed E-state index contributed by atoms with van der Waals surface area (Å²) in [6.45, 7) is 3.44. The number of carbonyl (C=O) groups excluding carboxylic acids is 6. The van der Waals surface area contributed by atoms with Crippen molar-refractivity contribution in [1.82, 2.24) is 20.9 Å². The number of rotatable bonds is 15. The quantitative estimate of drug-likeness (QED) is 0.143. The van der Waals surface area contributed by atoms with Gasteiger partial charge in [-0.3, -0.25) is 33.6 Å². The van der Waals surface area contributed by atoms with Gasteiger partial charge in [0.15, 0.2) is 0 Å². The Morgan fingerprint density at radius 2 is 1.64 bits per heavy atom. The maximum absolute atomic E-state index is 13.7. The Morgan fingerprint density at radius 1 is 0.933 bits per heavy atom.